The molecule has 3 rings (SSSR count). The van der Waals surface area contributed by atoms with E-state index in [0.29, 0.717) is 57.2 Å². The van der Waals surface area contributed by atoms with Gasteiger partial charge in [0.2, 0.25) is 11.8 Å². The van der Waals surface area contributed by atoms with Crippen LogP contribution in [0.1, 0.15) is 13.3 Å². The Labute approximate surface area is 140 Å². The molecule has 1 aromatic carbocycles. The molecule has 0 radical (unpaired) electrons. The maximum atomic E-state index is 14.5. The van der Waals surface area contributed by atoms with Crippen molar-refractivity contribution in [3.63, 3.8) is 0 Å². The Morgan fingerprint density at radius 2 is 2.12 bits per heavy atom. The molecule has 6 nitrogen and oxygen atoms in total. The number of nitrogens with one attached hydrogen (secondary N) is 1. The fraction of sp³-hybridized carbons (Fsp3) is 0.529. The van der Waals surface area contributed by atoms with Crippen LogP contribution in [0, 0.1) is 11.7 Å². The van der Waals surface area contributed by atoms with Crippen molar-refractivity contribution in [1.82, 2.24) is 5.32 Å². The summed E-state index contributed by atoms with van der Waals surface area (Å²) in [5.74, 6) is -0.415. The third kappa shape index (κ3) is 3.67. The minimum absolute atomic E-state index is 0.0381. The Kier molecular flexibility index (Phi) is 4.99. The molecule has 2 heterocycles. The van der Waals surface area contributed by atoms with Gasteiger partial charge in [-0.3, -0.25) is 9.59 Å². The quantitative estimate of drug-likeness (QED) is 0.897. The summed E-state index contributed by atoms with van der Waals surface area (Å²) in [6.45, 7) is 4.93. The Balaban J connectivity index is 1.69. The molecule has 0 unspecified atom stereocenters. The topological polar surface area (TPSA) is 61.9 Å². The molecule has 2 fully saturated rings. The SMILES string of the molecule is CC(=O)NC[C@@H]1CC(=O)N(c2ccc(N3CCOCC3)c(F)c2)C1. The van der Waals surface area contributed by atoms with E-state index < -0.39 is 0 Å². The van der Waals surface area contributed by atoms with Crippen LogP contribution in [-0.2, 0) is 14.3 Å². The standard InChI is InChI=1S/C17H22FN3O3/c1-12(22)19-10-13-8-17(23)21(11-13)14-2-3-16(15(18)9-14)20-4-6-24-7-5-20/h2-3,9,13H,4-8,10-11H2,1H3,(H,19,22)/t13-/m0/s1. The molecule has 1 aromatic rings. The molecule has 0 spiro atoms. The van der Waals surface area contributed by atoms with E-state index in [1.807, 2.05) is 4.90 Å². The second kappa shape index (κ2) is 7.17. The van der Waals surface area contributed by atoms with Crippen LogP contribution in [0.4, 0.5) is 15.8 Å². The highest BCUT2D eigenvalue weighted by Gasteiger charge is 2.31. The first-order valence-electron chi connectivity index (χ1n) is 8.21. The number of halogens is 1. The maximum absolute atomic E-state index is 14.5. The number of hydrogen-bond acceptors (Lipinski definition) is 4. The molecule has 24 heavy (non-hydrogen) atoms. The minimum Gasteiger partial charge on any atom is -0.378 e. The lowest BCUT2D eigenvalue weighted by Gasteiger charge is -2.29. The number of rotatable bonds is 4. The lowest BCUT2D eigenvalue weighted by atomic mass is 10.1. The molecular weight excluding hydrogens is 313 g/mol. The third-order valence-corrected chi connectivity index (χ3v) is 4.44. The first-order valence-corrected chi connectivity index (χ1v) is 8.21. The Morgan fingerprint density at radius 1 is 1.38 bits per heavy atom. The van der Waals surface area contributed by atoms with Crippen LogP contribution in [0.2, 0.25) is 0 Å². The van der Waals surface area contributed by atoms with Crippen molar-refractivity contribution in [2.45, 2.75) is 13.3 Å². The third-order valence-electron chi connectivity index (χ3n) is 4.44. The zero-order chi connectivity index (χ0) is 17.1. The molecule has 1 N–H and O–H groups in total. The van der Waals surface area contributed by atoms with Gasteiger partial charge in [0.05, 0.1) is 18.9 Å². The molecule has 0 aromatic heterocycles. The number of carbonyl (C=O) groups is 2. The van der Waals surface area contributed by atoms with Gasteiger partial charge in [-0.2, -0.15) is 0 Å². The van der Waals surface area contributed by atoms with Crippen LogP contribution in [0.25, 0.3) is 0 Å². The molecule has 7 heteroatoms. The summed E-state index contributed by atoms with van der Waals surface area (Å²) in [6.07, 6.45) is 0.368. The average molecular weight is 335 g/mol. The minimum atomic E-state index is -0.326. The monoisotopic (exact) mass is 335 g/mol. The zero-order valence-corrected chi connectivity index (χ0v) is 13.8. The van der Waals surface area contributed by atoms with Crippen LogP contribution in [-0.4, -0.2) is 51.2 Å². The van der Waals surface area contributed by atoms with Crippen LogP contribution in [0.3, 0.4) is 0 Å². The van der Waals surface area contributed by atoms with Gasteiger partial charge in [-0.05, 0) is 18.2 Å². The smallest absolute Gasteiger partial charge is 0.227 e. The fourth-order valence-electron chi connectivity index (χ4n) is 3.18. The van der Waals surface area contributed by atoms with E-state index >= 15 is 0 Å². The van der Waals surface area contributed by atoms with Crippen LogP contribution in [0.15, 0.2) is 18.2 Å². The number of morpholine rings is 1. The number of carbonyl (C=O) groups excluding carboxylic acids is 2. The summed E-state index contributed by atoms with van der Waals surface area (Å²) in [4.78, 5) is 26.7. The summed E-state index contributed by atoms with van der Waals surface area (Å²) >= 11 is 0. The molecule has 0 bridgehead atoms. The highest BCUT2D eigenvalue weighted by Crippen LogP contribution is 2.29. The van der Waals surface area contributed by atoms with E-state index in [9.17, 15) is 14.0 Å². The van der Waals surface area contributed by atoms with Gasteiger partial charge >= 0.3 is 0 Å². The van der Waals surface area contributed by atoms with E-state index in [4.69, 9.17) is 4.74 Å². The van der Waals surface area contributed by atoms with E-state index in [0.717, 1.165) is 0 Å². The number of amides is 2. The van der Waals surface area contributed by atoms with E-state index in [1.165, 1.54) is 13.0 Å². The highest BCUT2D eigenvalue weighted by atomic mass is 19.1. The molecule has 0 aliphatic carbocycles. The molecule has 1 atom stereocenters. The van der Waals surface area contributed by atoms with Crippen LogP contribution in [0.5, 0.6) is 0 Å². The number of benzene rings is 1. The Bertz CT molecular complexity index is 632. The molecule has 2 aliphatic heterocycles. The van der Waals surface area contributed by atoms with Crippen molar-refractivity contribution < 1.29 is 18.7 Å². The van der Waals surface area contributed by atoms with Gasteiger partial charge in [-0.1, -0.05) is 0 Å². The molecule has 130 valence electrons. The zero-order valence-electron chi connectivity index (χ0n) is 13.8. The number of hydrogen-bond donors (Lipinski definition) is 1. The highest BCUT2D eigenvalue weighted by molar-refractivity contribution is 5.96. The predicted octanol–water partition coefficient (Wildman–Crippen LogP) is 1.15. The van der Waals surface area contributed by atoms with Crippen molar-refractivity contribution >= 4 is 23.2 Å². The molecule has 0 saturated carbocycles. The maximum Gasteiger partial charge on any atom is 0.227 e. The first kappa shape index (κ1) is 16.7. The van der Waals surface area contributed by atoms with Crippen LogP contribution < -0.4 is 15.1 Å². The van der Waals surface area contributed by atoms with E-state index in [-0.39, 0.29) is 23.5 Å². The van der Waals surface area contributed by atoms with E-state index in [1.54, 1.807) is 17.0 Å². The predicted molar refractivity (Wildman–Crippen MR) is 88.6 cm³/mol. The Morgan fingerprint density at radius 3 is 2.79 bits per heavy atom. The molecule has 2 saturated heterocycles. The molecule has 2 amide bonds. The van der Waals surface area contributed by atoms with Crippen molar-refractivity contribution in [2.75, 3.05) is 49.2 Å². The van der Waals surface area contributed by atoms with Gasteiger partial charge < -0.3 is 19.9 Å². The second-order valence-corrected chi connectivity index (χ2v) is 6.25. The second-order valence-electron chi connectivity index (χ2n) is 6.25. The summed E-state index contributed by atoms with van der Waals surface area (Å²) < 4.78 is 19.8. The largest absolute Gasteiger partial charge is 0.378 e. The average Bonchev–Trinajstić information content (AvgIpc) is 2.94. The van der Waals surface area contributed by atoms with Gasteiger partial charge in [0.15, 0.2) is 0 Å². The fourth-order valence-corrected chi connectivity index (χ4v) is 3.18. The van der Waals surface area contributed by atoms with E-state index in [2.05, 4.69) is 5.32 Å². The molecular formula is C17H22FN3O3. The van der Waals surface area contributed by atoms with Gasteiger partial charge in [0.1, 0.15) is 5.82 Å². The molecule has 2 aliphatic rings. The normalized spacial score (nSPS) is 21.2. The number of anilines is 2. The lowest BCUT2D eigenvalue weighted by molar-refractivity contribution is -0.120. The van der Waals surface area contributed by atoms with Crippen molar-refractivity contribution in [3.05, 3.63) is 24.0 Å². The van der Waals surface area contributed by atoms with Gasteiger partial charge in [-0.15, -0.1) is 0 Å². The lowest BCUT2D eigenvalue weighted by Crippen LogP contribution is -2.36. The summed E-state index contributed by atoms with van der Waals surface area (Å²) in [5.41, 5.74) is 1.11. The van der Waals surface area contributed by atoms with Gasteiger partial charge in [0, 0.05) is 51.1 Å². The van der Waals surface area contributed by atoms with Crippen molar-refractivity contribution in [2.24, 2.45) is 5.92 Å². The van der Waals surface area contributed by atoms with Gasteiger partial charge in [0.25, 0.3) is 0 Å². The summed E-state index contributed by atoms with van der Waals surface area (Å²) in [5, 5.41) is 2.73. The van der Waals surface area contributed by atoms with Crippen molar-refractivity contribution in [3.8, 4) is 0 Å². The summed E-state index contributed by atoms with van der Waals surface area (Å²) in [6, 6.07) is 4.93. The number of nitrogens with zero attached hydrogens (tertiary/aromatic N) is 2. The van der Waals surface area contributed by atoms with Crippen LogP contribution >= 0.6 is 0 Å². The first-order chi connectivity index (χ1) is 11.5. The number of ether oxygens (including phenoxy) is 1. The van der Waals surface area contributed by atoms with Gasteiger partial charge in [-0.25, -0.2) is 4.39 Å². The Hall–Kier alpha value is -2.15. The van der Waals surface area contributed by atoms with Crippen molar-refractivity contribution in [1.29, 1.82) is 0 Å². The summed E-state index contributed by atoms with van der Waals surface area (Å²) in [7, 11) is 0.